The molecule has 162 valence electrons. The van der Waals surface area contributed by atoms with Gasteiger partial charge in [0.1, 0.15) is 16.4 Å². The van der Waals surface area contributed by atoms with Crippen molar-refractivity contribution in [2.45, 2.75) is 40.5 Å². The van der Waals surface area contributed by atoms with E-state index < -0.39 is 0 Å². The molecule has 7 heteroatoms. The van der Waals surface area contributed by atoms with E-state index in [1.807, 2.05) is 31.5 Å². The summed E-state index contributed by atoms with van der Waals surface area (Å²) >= 11 is 3.37. The fraction of sp³-hybridized carbons (Fsp3) is 0.417. The molecule has 3 aromatic heterocycles. The normalized spacial score (nSPS) is 16.1. The average molecular weight is 452 g/mol. The Balaban J connectivity index is 1.73. The van der Waals surface area contributed by atoms with E-state index in [0.717, 1.165) is 57.7 Å². The van der Waals surface area contributed by atoms with Gasteiger partial charge in [0, 0.05) is 30.8 Å². The van der Waals surface area contributed by atoms with Crippen molar-refractivity contribution in [2.75, 3.05) is 17.1 Å². The third-order valence-corrected chi connectivity index (χ3v) is 7.94. The summed E-state index contributed by atoms with van der Waals surface area (Å²) < 4.78 is 2.25. The van der Waals surface area contributed by atoms with Crippen LogP contribution < -0.4 is 4.31 Å². The van der Waals surface area contributed by atoms with Crippen LogP contribution >= 0.6 is 23.3 Å². The lowest BCUT2D eigenvalue weighted by atomic mass is 9.92. The predicted octanol–water partition coefficient (Wildman–Crippen LogP) is 6.52. The molecule has 0 N–H and O–H groups in total. The van der Waals surface area contributed by atoms with Crippen LogP contribution in [0.5, 0.6) is 0 Å². The van der Waals surface area contributed by atoms with E-state index in [4.69, 9.17) is 15.0 Å². The number of allylic oxidation sites excluding steroid dienone is 1. The van der Waals surface area contributed by atoms with E-state index in [0.29, 0.717) is 11.8 Å². The van der Waals surface area contributed by atoms with Crippen molar-refractivity contribution in [1.82, 2.24) is 19.9 Å². The fourth-order valence-corrected chi connectivity index (χ4v) is 5.15. The second-order valence-electron chi connectivity index (χ2n) is 8.32. The van der Waals surface area contributed by atoms with Crippen LogP contribution in [0.15, 0.2) is 36.8 Å². The first kappa shape index (κ1) is 22.0. The number of hydrogen-bond donors (Lipinski definition) is 0. The number of nitrogens with zero attached hydrogens (tertiary/aromatic N) is 5. The summed E-state index contributed by atoms with van der Waals surface area (Å²) in [7, 11) is 0. The molecule has 0 bridgehead atoms. The highest BCUT2D eigenvalue weighted by Crippen LogP contribution is 2.39. The minimum Gasteiger partial charge on any atom is -0.299 e. The van der Waals surface area contributed by atoms with E-state index in [1.54, 1.807) is 29.5 Å². The number of anilines is 1. The summed E-state index contributed by atoms with van der Waals surface area (Å²) in [6, 6.07) is 3.98. The second-order valence-corrected chi connectivity index (χ2v) is 10.1. The van der Waals surface area contributed by atoms with Crippen LogP contribution in [0.4, 0.5) is 5.82 Å². The second kappa shape index (κ2) is 9.49. The van der Waals surface area contributed by atoms with Crippen LogP contribution in [-0.2, 0) is 0 Å². The van der Waals surface area contributed by atoms with E-state index in [2.05, 4.69) is 42.4 Å². The number of hydrogen-bond acceptors (Lipinski definition) is 7. The summed E-state index contributed by atoms with van der Waals surface area (Å²) in [5.41, 5.74) is 5.25. The molecule has 1 aliphatic heterocycles. The molecule has 0 radical (unpaired) electrons. The number of aromatic nitrogens is 4. The van der Waals surface area contributed by atoms with Gasteiger partial charge < -0.3 is 0 Å². The first-order valence-corrected chi connectivity index (χ1v) is 12.7. The Morgan fingerprint density at radius 1 is 1.23 bits per heavy atom. The van der Waals surface area contributed by atoms with Gasteiger partial charge in [0.15, 0.2) is 5.82 Å². The molecule has 0 saturated carbocycles. The quantitative estimate of drug-likeness (QED) is 0.397. The molecule has 0 saturated heterocycles. The third kappa shape index (κ3) is 4.67. The van der Waals surface area contributed by atoms with Gasteiger partial charge in [0.05, 0.1) is 16.8 Å². The Hall–Kier alpha value is -2.25. The molecule has 0 spiro atoms. The highest BCUT2D eigenvalue weighted by molar-refractivity contribution is 7.99. The molecule has 31 heavy (non-hydrogen) atoms. The molecule has 4 heterocycles. The summed E-state index contributed by atoms with van der Waals surface area (Å²) in [6.45, 7) is 9.91. The molecular formula is C24H29N5S2. The maximum absolute atomic E-state index is 5.12. The Labute approximate surface area is 193 Å². The van der Waals surface area contributed by atoms with Gasteiger partial charge in [0.2, 0.25) is 0 Å². The Morgan fingerprint density at radius 2 is 2.06 bits per heavy atom. The van der Waals surface area contributed by atoms with E-state index in [9.17, 15) is 0 Å². The molecule has 0 aromatic carbocycles. The van der Waals surface area contributed by atoms with E-state index in [-0.39, 0.29) is 0 Å². The van der Waals surface area contributed by atoms with Crippen LogP contribution in [0, 0.1) is 18.8 Å². The molecular weight excluding hydrogens is 422 g/mol. The number of thiazole rings is 1. The van der Waals surface area contributed by atoms with Crippen molar-refractivity contribution >= 4 is 34.7 Å². The van der Waals surface area contributed by atoms with Gasteiger partial charge in [-0.25, -0.2) is 15.0 Å². The van der Waals surface area contributed by atoms with Crippen molar-refractivity contribution in [3.8, 4) is 21.1 Å². The standard InChI is InChI=1S/C24H29N5S2/c1-15(2)16(3)8-9-18-10-12-29(30-5)23-21(18)28-20(14-26-23)22-17(4)27-24(31-22)19-7-6-11-25-13-19/h6-7,9,11,13-16H,8,10,12H2,1-5H3/b18-9-. The Morgan fingerprint density at radius 3 is 2.77 bits per heavy atom. The summed E-state index contributed by atoms with van der Waals surface area (Å²) in [6.07, 6.45) is 12.1. The van der Waals surface area contributed by atoms with Gasteiger partial charge in [-0.2, -0.15) is 0 Å². The maximum atomic E-state index is 5.12. The first-order chi connectivity index (χ1) is 15.0. The predicted molar refractivity (Wildman–Crippen MR) is 133 cm³/mol. The first-order valence-electron chi connectivity index (χ1n) is 10.7. The largest absolute Gasteiger partial charge is 0.299 e. The number of aryl methyl sites for hydroxylation is 1. The number of rotatable bonds is 6. The SMILES string of the molecule is CSN1CC/C(=C/CC(C)C(C)C)c2nc(-c3sc(-c4cccnc4)nc3C)cnc21. The van der Waals surface area contributed by atoms with Gasteiger partial charge in [-0.05, 0) is 49.3 Å². The zero-order valence-corrected chi connectivity index (χ0v) is 20.4. The van der Waals surface area contributed by atoms with Crippen LogP contribution in [0.25, 0.3) is 26.7 Å². The lowest BCUT2D eigenvalue weighted by molar-refractivity contribution is 0.424. The lowest BCUT2D eigenvalue weighted by Crippen LogP contribution is -2.24. The summed E-state index contributed by atoms with van der Waals surface area (Å²) in [4.78, 5) is 20.1. The molecule has 5 nitrogen and oxygen atoms in total. The molecule has 1 unspecified atom stereocenters. The summed E-state index contributed by atoms with van der Waals surface area (Å²) in [5.74, 6) is 2.29. The fourth-order valence-electron chi connectivity index (χ4n) is 3.56. The van der Waals surface area contributed by atoms with Crippen LogP contribution in [-0.4, -0.2) is 32.7 Å². The topological polar surface area (TPSA) is 54.8 Å². The van der Waals surface area contributed by atoms with Gasteiger partial charge in [0.25, 0.3) is 0 Å². The summed E-state index contributed by atoms with van der Waals surface area (Å²) in [5, 5.41) is 0.965. The molecule has 0 aliphatic carbocycles. The Kier molecular flexibility index (Phi) is 6.72. The van der Waals surface area contributed by atoms with Gasteiger partial charge in [-0.1, -0.05) is 38.8 Å². The van der Waals surface area contributed by atoms with Crippen molar-refractivity contribution in [2.24, 2.45) is 11.8 Å². The van der Waals surface area contributed by atoms with E-state index >= 15 is 0 Å². The molecule has 3 aromatic rings. The van der Waals surface area contributed by atoms with Crippen molar-refractivity contribution in [3.05, 3.63) is 48.2 Å². The Bertz CT molecular complexity index is 1070. The third-order valence-electron chi connectivity index (χ3n) is 5.91. The minimum absolute atomic E-state index is 0.649. The monoisotopic (exact) mass is 451 g/mol. The number of pyridine rings is 1. The van der Waals surface area contributed by atoms with E-state index in [1.165, 1.54) is 5.57 Å². The molecule has 0 fully saturated rings. The van der Waals surface area contributed by atoms with Gasteiger partial charge in [-0.3, -0.25) is 9.29 Å². The van der Waals surface area contributed by atoms with Crippen LogP contribution in [0.1, 0.15) is 45.0 Å². The zero-order valence-electron chi connectivity index (χ0n) is 18.8. The highest BCUT2D eigenvalue weighted by atomic mass is 32.2. The molecule has 4 rings (SSSR count). The van der Waals surface area contributed by atoms with Gasteiger partial charge in [-0.15, -0.1) is 11.3 Å². The van der Waals surface area contributed by atoms with Crippen molar-refractivity contribution < 1.29 is 0 Å². The van der Waals surface area contributed by atoms with Crippen molar-refractivity contribution in [3.63, 3.8) is 0 Å². The lowest BCUT2D eigenvalue weighted by Gasteiger charge is -2.29. The van der Waals surface area contributed by atoms with Crippen LogP contribution in [0.2, 0.25) is 0 Å². The average Bonchev–Trinajstić information content (AvgIpc) is 3.19. The van der Waals surface area contributed by atoms with Gasteiger partial charge >= 0.3 is 0 Å². The molecule has 1 aliphatic rings. The molecule has 1 atom stereocenters. The zero-order chi connectivity index (χ0) is 22.0. The van der Waals surface area contributed by atoms with Crippen molar-refractivity contribution in [1.29, 1.82) is 0 Å². The molecule has 0 amide bonds. The smallest absolute Gasteiger partial charge is 0.164 e. The maximum Gasteiger partial charge on any atom is 0.164 e. The number of fused-ring (bicyclic) bond motifs is 1. The highest BCUT2D eigenvalue weighted by Gasteiger charge is 2.25. The minimum atomic E-state index is 0.649. The van der Waals surface area contributed by atoms with Crippen LogP contribution in [0.3, 0.4) is 0 Å².